The number of rotatable bonds is 6. The van der Waals surface area contributed by atoms with Crippen LogP contribution in [0, 0.1) is 0 Å². The fourth-order valence-electron chi connectivity index (χ4n) is 2.63. The second-order valence-electron chi connectivity index (χ2n) is 6.11. The maximum Gasteiger partial charge on any atom is 0.242 e. The zero-order chi connectivity index (χ0) is 19.9. The molecule has 0 bridgehead atoms. The molecule has 0 spiro atoms. The van der Waals surface area contributed by atoms with Gasteiger partial charge in [0.2, 0.25) is 11.8 Å². The predicted molar refractivity (Wildman–Crippen MR) is 116 cm³/mol. The summed E-state index contributed by atoms with van der Waals surface area (Å²) in [5, 5.41) is 5.87. The molecule has 0 radical (unpaired) electrons. The Morgan fingerprint density at radius 2 is 1.57 bits per heavy atom. The summed E-state index contributed by atoms with van der Waals surface area (Å²) < 4.78 is 0. The van der Waals surface area contributed by atoms with Crippen molar-refractivity contribution in [3.8, 4) is 0 Å². The van der Waals surface area contributed by atoms with Crippen LogP contribution in [0.1, 0.15) is 17.7 Å². The number of thioether (sulfide) groups is 1. The Bertz CT molecular complexity index is 962. The van der Waals surface area contributed by atoms with E-state index in [0.29, 0.717) is 16.4 Å². The van der Waals surface area contributed by atoms with Crippen LogP contribution in [-0.4, -0.2) is 11.8 Å². The summed E-state index contributed by atoms with van der Waals surface area (Å²) in [5.41, 5.74) is 2.27. The fraction of sp³-hybridized carbons (Fsp3) is 0.0909. The van der Waals surface area contributed by atoms with Crippen LogP contribution < -0.4 is 10.6 Å². The molecule has 6 heteroatoms. The van der Waals surface area contributed by atoms with Crippen LogP contribution in [0.4, 0.5) is 11.4 Å². The van der Waals surface area contributed by atoms with Gasteiger partial charge in [0, 0.05) is 28.2 Å². The first-order chi connectivity index (χ1) is 13.5. The van der Waals surface area contributed by atoms with Gasteiger partial charge >= 0.3 is 0 Å². The van der Waals surface area contributed by atoms with Crippen LogP contribution >= 0.6 is 23.4 Å². The number of hydrogen-bond donors (Lipinski definition) is 2. The predicted octanol–water partition coefficient (Wildman–Crippen LogP) is 5.77. The molecule has 142 valence electrons. The van der Waals surface area contributed by atoms with Crippen molar-refractivity contribution in [2.24, 2.45) is 0 Å². The summed E-state index contributed by atoms with van der Waals surface area (Å²) in [6, 6.07) is 24.0. The van der Waals surface area contributed by atoms with E-state index in [-0.39, 0.29) is 11.8 Å². The number of carbonyl (C=O) groups excluding carboxylic acids is 2. The van der Waals surface area contributed by atoms with Crippen molar-refractivity contribution in [1.82, 2.24) is 0 Å². The highest BCUT2D eigenvalue weighted by Crippen LogP contribution is 2.37. The van der Waals surface area contributed by atoms with Crippen LogP contribution in [0.3, 0.4) is 0 Å². The maximum absolute atomic E-state index is 13.0. The first-order valence-corrected chi connectivity index (χ1v) is 9.93. The van der Waals surface area contributed by atoms with Crippen LogP contribution in [-0.2, 0) is 9.59 Å². The van der Waals surface area contributed by atoms with Crippen molar-refractivity contribution in [3.05, 3.63) is 89.4 Å². The van der Waals surface area contributed by atoms with E-state index in [2.05, 4.69) is 10.6 Å². The molecule has 3 rings (SSSR count). The van der Waals surface area contributed by atoms with Crippen LogP contribution in [0.2, 0.25) is 5.02 Å². The molecular formula is C22H19ClN2O2S. The van der Waals surface area contributed by atoms with Crippen molar-refractivity contribution in [3.63, 3.8) is 0 Å². The van der Waals surface area contributed by atoms with E-state index in [1.807, 2.05) is 54.6 Å². The molecule has 0 heterocycles. The van der Waals surface area contributed by atoms with Crippen molar-refractivity contribution in [1.29, 1.82) is 0 Å². The van der Waals surface area contributed by atoms with Gasteiger partial charge in [-0.05, 0) is 48.0 Å². The quantitative estimate of drug-likeness (QED) is 0.507. The zero-order valence-corrected chi connectivity index (χ0v) is 16.8. The lowest BCUT2D eigenvalue weighted by atomic mass is 10.1. The number of carbonyl (C=O) groups is 2. The number of benzene rings is 3. The summed E-state index contributed by atoms with van der Waals surface area (Å²) in [6.07, 6.45) is 0. The van der Waals surface area contributed by atoms with Gasteiger partial charge in [-0.3, -0.25) is 9.59 Å². The SMILES string of the molecule is CC(=O)Nc1cccc(SC(C(=O)Nc2ccc(Cl)cc2)c2ccccc2)c1. The number of amides is 2. The van der Waals surface area contributed by atoms with E-state index in [1.54, 1.807) is 24.3 Å². The second kappa shape index (κ2) is 9.44. The number of hydrogen-bond acceptors (Lipinski definition) is 3. The summed E-state index contributed by atoms with van der Waals surface area (Å²) in [4.78, 5) is 25.2. The van der Waals surface area contributed by atoms with Crippen molar-refractivity contribution < 1.29 is 9.59 Å². The van der Waals surface area contributed by atoms with Crippen LogP contribution in [0.5, 0.6) is 0 Å². The highest BCUT2D eigenvalue weighted by atomic mass is 35.5. The molecule has 0 fully saturated rings. The lowest BCUT2D eigenvalue weighted by Crippen LogP contribution is -2.19. The molecule has 0 saturated carbocycles. The normalized spacial score (nSPS) is 11.5. The van der Waals surface area contributed by atoms with Gasteiger partial charge in [-0.25, -0.2) is 0 Å². The standard InChI is InChI=1S/C22H19ClN2O2S/c1-15(26)24-19-8-5-9-20(14-19)28-21(16-6-3-2-4-7-16)22(27)25-18-12-10-17(23)11-13-18/h2-14,21H,1H3,(H,24,26)(H,25,27). The van der Waals surface area contributed by atoms with E-state index in [4.69, 9.17) is 11.6 Å². The molecule has 3 aromatic carbocycles. The van der Waals surface area contributed by atoms with E-state index in [9.17, 15) is 9.59 Å². The van der Waals surface area contributed by atoms with E-state index >= 15 is 0 Å². The minimum atomic E-state index is -0.454. The molecule has 0 aromatic heterocycles. The highest BCUT2D eigenvalue weighted by Gasteiger charge is 2.22. The molecular weight excluding hydrogens is 392 g/mol. The van der Waals surface area contributed by atoms with Gasteiger partial charge in [0.15, 0.2) is 0 Å². The molecule has 0 saturated heterocycles. The molecule has 0 aliphatic rings. The van der Waals surface area contributed by atoms with Gasteiger partial charge in [0.25, 0.3) is 0 Å². The van der Waals surface area contributed by atoms with E-state index in [0.717, 1.165) is 10.5 Å². The smallest absolute Gasteiger partial charge is 0.242 e. The van der Waals surface area contributed by atoms with Gasteiger partial charge < -0.3 is 10.6 Å². The largest absolute Gasteiger partial charge is 0.326 e. The fourth-order valence-corrected chi connectivity index (χ4v) is 3.84. The van der Waals surface area contributed by atoms with E-state index in [1.165, 1.54) is 18.7 Å². The van der Waals surface area contributed by atoms with Crippen LogP contribution in [0.25, 0.3) is 0 Å². The molecule has 4 nitrogen and oxygen atoms in total. The van der Waals surface area contributed by atoms with E-state index < -0.39 is 5.25 Å². The Hall–Kier alpha value is -2.76. The number of nitrogens with one attached hydrogen (secondary N) is 2. The average molecular weight is 411 g/mol. The molecule has 2 N–H and O–H groups in total. The Morgan fingerprint density at radius 3 is 2.25 bits per heavy atom. The molecule has 1 unspecified atom stereocenters. The summed E-state index contributed by atoms with van der Waals surface area (Å²) in [5.74, 6) is -0.273. The zero-order valence-electron chi connectivity index (χ0n) is 15.2. The second-order valence-corrected chi connectivity index (χ2v) is 7.73. The molecule has 1 atom stereocenters. The van der Waals surface area contributed by atoms with Gasteiger partial charge in [0.05, 0.1) is 0 Å². The minimum Gasteiger partial charge on any atom is -0.326 e. The first kappa shape index (κ1) is 20.0. The third-order valence-corrected chi connectivity index (χ3v) is 5.36. The topological polar surface area (TPSA) is 58.2 Å². The Labute approximate surface area is 173 Å². The van der Waals surface area contributed by atoms with Crippen molar-refractivity contribution in [2.45, 2.75) is 17.1 Å². The number of halogens is 1. The average Bonchev–Trinajstić information content (AvgIpc) is 2.68. The summed E-state index contributed by atoms with van der Waals surface area (Å²) in [7, 11) is 0. The molecule has 3 aromatic rings. The summed E-state index contributed by atoms with van der Waals surface area (Å²) in [6.45, 7) is 1.46. The Morgan fingerprint density at radius 1 is 0.857 bits per heavy atom. The van der Waals surface area contributed by atoms with Gasteiger partial charge in [-0.1, -0.05) is 48.0 Å². The maximum atomic E-state index is 13.0. The molecule has 0 aliphatic heterocycles. The lowest BCUT2D eigenvalue weighted by Gasteiger charge is -2.17. The Kier molecular flexibility index (Phi) is 6.74. The van der Waals surface area contributed by atoms with Gasteiger partial charge in [0.1, 0.15) is 5.25 Å². The van der Waals surface area contributed by atoms with Crippen LogP contribution in [0.15, 0.2) is 83.8 Å². The minimum absolute atomic E-state index is 0.136. The third-order valence-electron chi connectivity index (χ3n) is 3.86. The third kappa shape index (κ3) is 5.62. The lowest BCUT2D eigenvalue weighted by molar-refractivity contribution is -0.116. The molecule has 28 heavy (non-hydrogen) atoms. The summed E-state index contributed by atoms with van der Waals surface area (Å²) >= 11 is 7.34. The first-order valence-electron chi connectivity index (χ1n) is 8.67. The van der Waals surface area contributed by atoms with Crippen molar-refractivity contribution >= 4 is 46.6 Å². The monoisotopic (exact) mass is 410 g/mol. The molecule has 0 aliphatic carbocycles. The van der Waals surface area contributed by atoms with Gasteiger partial charge in [-0.15, -0.1) is 11.8 Å². The van der Waals surface area contributed by atoms with Gasteiger partial charge in [-0.2, -0.15) is 0 Å². The molecule has 2 amide bonds. The highest BCUT2D eigenvalue weighted by molar-refractivity contribution is 8.00. The van der Waals surface area contributed by atoms with Crippen molar-refractivity contribution in [2.75, 3.05) is 10.6 Å². The number of anilines is 2. The Balaban J connectivity index is 1.84.